The normalized spacial score (nSPS) is 29.1. The van der Waals surface area contributed by atoms with E-state index in [1.54, 1.807) is 0 Å². The third-order valence-electron chi connectivity index (χ3n) is 5.92. The van der Waals surface area contributed by atoms with Crippen LogP contribution in [0.1, 0.15) is 43.3 Å². The van der Waals surface area contributed by atoms with Gasteiger partial charge in [-0.3, -0.25) is 14.8 Å². The molecule has 8 heteroatoms. The van der Waals surface area contributed by atoms with E-state index in [9.17, 15) is 4.79 Å². The Morgan fingerprint density at radius 2 is 1.81 bits per heavy atom. The highest BCUT2D eigenvalue weighted by molar-refractivity contribution is 5.79. The number of nitrogens with one attached hydrogen (secondary N) is 2. The first-order chi connectivity index (χ1) is 12.7. The molecule has 2 atom stereocenters. The minimum Gasteiger partial charge on any atom is -0.381 e. The van der Waals surface area contributed by atoms with Crippen LogP contribution in [0.15, 0.2) is 0 Å². The van der Waals surface area contributed by atoms with Crippen LogP contribution in [0.25, 0.3) is 0 Å². The quantitative estimate of drug-likeness (QED) is 0.814. The molecule has 0 spiro atoms. The second kappa shape index (κ2) is 8.02. The Balaban J connectivity index is 1.46. The Kier molecular flexibility index (Phi) is 5.52. The van der Waals surface area contributed by atoms with E-state index in [0.29, 0.717) is 19.3 Å². The lowest BCUT2D eigenvalue weighted by molar-refractivity contribution is -0.128. The number of aromatic nitrogens is 3. The van der Waals surface area contributed by atoms with Crippen LogP contribution in [0.5, 0.6) is 0 Å². The maximum Gasteiger partial charge on any atom is 0.223 e. The van der Waals surface area contributed by atoms with Crippen molar-refractivity contribution >= 4 is 5.91 Å². The molecule has 0 unspecified atom stereocenters. The first-order valence-corrected chi connectivity index (χ1v) is 9.79. The van der Waals surface area contributed by atoms with E-state index in [4.69, 9.17) is 9.47 Å². The second-order valence-electron chi connectivity index (χ2n) is 7.68. The standard InChI is InChI=1S/C18H29N5O3/c1-12-19-17(22-21-12)15-10-23(14-4-8-26-9-5-14)11-16(15)20-18(24)13-2-6-25-7-3-13/h13-16H,2-11H2,1H3,(H,20,24)(H,19,21,22)/t15-,16-/m1/s1. The smallest absolute Gasteiger partial charge is 0.223 e. The highest BCUT2D eigenvalue weighted by Gasteiger charge is 2.40. The van der Waals surface area contributed by atoms with E-state index < -0.39 is 0 Å². The van der Waals surface area contributed by atoms with Crippen LogP contribution in [-0.4, -0.2) is 77.6 Å². The van der Waals surface area contributed by atoms with Gasteiger partial charge in [0.2, 0.25) is 5.91 Å². The molecule has 144 valence electrons. The van der Waals surface area contributed by atoms with Crippen LogP contribution in [-0.2, 0) is 14.3 Å². The molecule has 3 saturated heterocycles. The maximum atomic E-state index is 12.8. The number of nitrogens with zero attached hydrogens (tertiary/aromatic N) is 3. The zero-order valence-corrected chi connectivity index (χ0v) is 15.4. The summed E-state index contributed by atoms with van der Waals surface area (Å²) in [7, 11) is 0. The van der Waals surface area contributed by atoms with Gasteiger partial charge in [-0.05, 0) is 32.6 Å². The first kappa shape index (κ1) is 17.9. The number of carbonyl (C=O) groups is 1. The van der Waals surface area contributed by atoms with E-state index in [1.165, 1.54) is 0 Å². The van der Waals surface area contributed by atoms with Crippen molar-refractivity contribution in [1.29, 1.82) is 0 Å². The van der Waals surface area contributed by atoms with Crippen LogP contribution in [0, 0.1) is 12.8 Å². The molecule has 1 amide bonds. The van der Waals surface area contributed by atoms with Gasteiger partial charge in [-0.2, -0.15) is 5.10 Å². The van der Waals surface area contributed by atoms with Gasteiger partial charge in [-0.1, -0.05) is 0 Å². The van der Waals surface area contributed by atoms with Crippen molar-refractivity contribution in [3.8, 4) is 0 Å². The average molecular weight is 363 g/mol. The van der Waals surface area contributed by atoms with Gasteiger partial charge in [0, 0.05) is 51.5 Å². The molecule has 4 heterocycles. The third kappa shape index (κ3) is 3.92. The van der Waals surface area contributed by atoms with Gasteiger partial charge >= 0.3 is 0 Å². The van der Waals surface area contributed by atoms with Crippen LogP contribution in [0.3, 0.4) is 0 Å². The molecular formula is C18H29N5O3. The van der Waals surface area contributed by atoms with Crippen LogP contribution < -0.4 is 5.32 Å². The van der Waals surface area contributed by atoms with E-state index in [-0.39, 0.29) is 23.8 Å². The lowest BCUT2D eigenvalue weighted by Crippen LogP contribution is -2.45. The van der Waals surface area contributed by atoms with Gasteiger partial charge in [-0.25, -0.2) is 4.98 Å². The summed E-state index contributed by atoms with van der Waals surface area (Å²) in [6.45, 7) is 6.67. The molecule has 8 nitrogen and oxygen atoms in total. The van der Waals surface area contributed by atoms with Crippen molar-refractivity contribution in [2.24, 2.45) is 5.92 Å². The van der Waals surface area contributed by atoms with Crippen molar-refractivity contribution < 1.29 is 14.3 Å². The molecule has 3 fully saturated rings. The first-order valence-electron chi connectivity index (χ1n) is 9.79. The largest absolute Gasteiger partial charge is 0.381 e. The zero-order chi connectivity index (χ0) is 17.9. The summed E-state index contributed by atoms with van der Waals surface area (Å²) in [5.41, 5.74) is 0. The number of rotatable bonds is 4. The third-order valence-corrected chi connectivity index (χ3v) is 5.92. The summed E-state index contributed by atoms with van der Waals surface area (Å²) < 4.78 is 10.9. The fraction of sp³-hybridized carbons (Fsp3) is 0.833. The van der Waals surface area contributed by atoms with Gasteiger partial charge in [0.15, 0.2) is 5.82 Å². The molecule has 0 radical (unpaired) electrons. The summed E-state index contributed by atoms with van der Waals surface area (Å²) in [6.07, 6.45) is 3.74. The fourth-order valence-electron chi connectivity index (χ4n) is 4.38. The number of aromatic amines is 1. The van der Waals surface area contributed by atoms with Gasteiger partial charge in [0.05, 0.1) is 12.0 Å². The Morgan fingerprint density at radius 3 is 2.46 bits per heavy atom. The van der Waals surface area contributed by atoms with Crippen LogP contribution in [0.2, 0.25) is 0 Å². The molecule has 0 aliphatic carbocycles. The molecule has 1 aromatic rings. The molecule has 0 bridgehead atoms. The predicted molar refractivity (Wildman–Crippen MR) is 94.7 cm³/mol. The van der Waals surface area contributed by atoms with Crippen LogP contribution >= 0.6 is 0 Å². The SMILES string of the molecule is Cc1nc([C@@H]2CN(C3CCOCC3)C[C@H]2NC(=O)C2CCOCC2)n[nH]1. The summed E-state index contributed by atoms with van der Waals surface area (Å²) in [6, 6.07) is 0.583. The molecular weight excluding hydrogens is 334 g/mol. The minimum atomic E-state index is 0.0587. The molecule has 2 N–H and O–H groups in total. The summed E-state index contributed by atoms with van der Waals surface area (Å²) in [5.74, 6) is 1.99. The van der Waals surface area contributed by atoms with Crippen molar-refractivity contribution in [3.05, 3.63) is 11.6 Å². The van der Waals surface area contributed by atoms with Crippen molar-refractivity contribution in [2.75, 3.05) is 39.5 Å². The topological polar surface area (TPSA) is 92.4 Å². The fourth-order valence-corrected chi connectivity index (χ4v) is 4.38. The molecule has 1 aromatic heterocycles. The number of hydrogen-bond acceptors (Lipinski definition) is 6. The Morgan fingerprint density at radius 1 is 1.12 bits per heavy atom. The number of ether oxygens (including phenoxy) is 2. The monoisotopic (exact) mass is 363 g/mol. The van der Waals surface area contributed by atoms with E-state index >= 15 is 0 Å². The molecule has 0 saturated carbocycles. The molecule has 3 aliphatic heterocycles. The van der Waals surface area contributed by atoms with Crippen molar-refractivity contribution in [2.45, 2.75) is 50.6 Å². The number of likely N-dealkylation sites (tertiary alicyclic amines) is 1. The number of aryl methyl sites for hydroxylation is 1. The Bertz CT molecular complexity index is 610. The summed E-state index contributed by atoms with van der Waals surface area (Å²) in [4.78, 5) is 19.8. The lowest BCUT2D eigenvalue weighted by atomic mass is 9.97. The van der Waals surface area contributed by atoms with Crippen molar-refractivity contribution in [1.82, 2.24) is 25.4 Å². The van der Waals surface area contributed by atoms with Gasteiger partial charge in [0.25, 0.3) is 0 Å². The molecule has 3 aliphatic rings. The van der Waals surface area contributed by atoms with Crippen molar-refractivity contribution in [3.63, 3.8) is 0 Å². The number of carbonyl (C=O) groups excluding carboxylic acids is 1. The maximum absolute atomic E-state index is 12.8. The number of H-pyrrole nitrogens is 1. The number of amides is 1. The molecule has 26 heavy (non-hydrogen) atoms. The average Bonchev–Trinajstić information content (AvgIpc) is 3.29. The van der Waals surface area contributed by atoms with Gasteiger partial charge in [0.1, 0.15) is 5.82 Å². The Labute approximate surface area is 154 Å². The summed E-state index contributed by atoms with van der Waals surface area (Å²) in [5, 5.41) is 10.7. The molecule has 0 aromatic carbocycles. The van der Waals surface area contributed by atoms with Crippen LogP contribution in [0.4, 0.5) is 0 Å². The zero-order valence-electron chi connectivity index (χ0n) is 15.4. The lowest BCUT2D eigenvalue weighted by Gasteiger charge is -2.31. The van der Waals surface area contributed by atoms with E-state index in [2.05, 4.69) is 25.4 Å². The van der Waals surface area contributed by atoms with E-state index in [1.807, 2.05) is 6.92 Å². The minimum absolute atomic E-state index is 0.0587. The Hall–Kier alpha value is -1.51. The predicted octanol–water partition coefficient (Wildman–Crippen LogP) is 0.603. The second-order valence-corrected chi connectivity index (χ2v) is 7.68. The van der Waals surface area contributed by atoms with E-state index in [0.717, 1.165) is 63.6 Å². The highest BCUT2D eigenvalue weighted by Crippen LogP contribution is 2.30. The molecule has 4 rings (SSSR count). The van der Waals surface area contributed by atoms with Gasteiger partial charge < -0.3 is 14.8 Å². The highest BCUT2D eigenvalue weighted by atomic mass is 16.5. The van der Waals surface area contributed by atoms with Gasteiger partial charge in [-0.15, -0.1) is 0 Å². The number of hydrogen-bond donors (Lipinski definition) is 2. The summed E-state index contributed by atoms with van der Waals surface area (Å²) >= 11 is 0.